The first-order valence-corrected chi connectivity index (χ1v) is 5.33. The SMILES string of the molecule is CCc1ccc2c(C(=O)OC)cn(C)c2c1. The standard InChI is InChI=1S/C13H15NO2/c1-4-9-5-6-10-11(13(15)16-3)8-14(2)12(10)7-9/h5-8H,4H2,1-3H3. The third-order valence-electron chi connectivity index (χ3n) is 2.87. The van der Waals surface area contributed by atoms with E-state index < -0.39 is 0 Å². The molecule has 1 aromatic heterocycles. The monoisotopic (exact) mass is 217 g/mol. The van der Waals surface area contributed by atoms with Crippen molar-refractivity contribution in [2.75, 3.05) is 7.11 Å². The molecule has 2 aromatic rings. The van der Waals surface area contributed by atoms with Crippen molar-refractivity contribution in [1.29, 1.82) is 0 Å². The summed E-state index contributed by atoms with van der Waals surface area (Å²) < 4.78 is 6.72. The molecule has 1 heterocycles. The van der Waals surface area contributed by atoms with E-state index in [4.69, 9.17) is 4.74 Å². The molecular weight excluding hydrogens is 202 g/mol. The number of hydrogen-bond acceptors (Lipinski definition) is 2. The Morgan fingerprint density at radius 2 is 2.19 bits per heavy atom. The first-order chi connectivity index (χ1) is 7.67. The Labute approximate surface area is 94.6 Å². The Kier molecular flexibility index (Phi) is 2.69. The predicted octanol–water partition coefficient (Wildman–Crippen LogP) is 2.53. The third-order valence-corrected chi connectivity index (χ3v) is 2.87. The average molecular weight is 217 g/mol. The van der Waals surface area contributed by atoms with Gasteiger partial charge < -0.3 is 9.30 Å². The molecule has 84 valence electrons. The molecule has 1 aromatic carbocycles. The highest BCUT2D eigenvalue weighted by Gasteiger charge is 2.13. The molecule has 0 aliphatic carbocycles. The Morgan fingerprint density at radius 1 is 1.44 bits per heavy atom. The Balaban J connectivity index is 2.67. The second-order valence-corrected chi connectivity index (χ2v) is 3.85. The van der Waals surface area contributed by atoms with Gasteiger partial charge in [-0.1, -0.05) is 19.1 Å². The van der Waals surface area contributed by atoms with Crippen LogP contribution in [0.5, 0.6) is 0 Å². The van der Waals surface area contributed by atoms with Gasteiger partial charge in [0.2, 0.25) is 0 Å². The summed E-state index contributed by atoms with van der Waals surface area (Å²) in [6.45, 7) is 2.12. The van der Waals surface area contributed by atoms with E-state index in [1.54, 1.807) is 0 Å². The molecule has 0 atom stereocenters. The molecule has 0 aliphatic rings. The van der Waals surface area contributed by atoms with Gasteiger partial charge in [0.05, 0.1) is 12.7 Å². The van der Waals surface area contributed by atoms with Gasteiger partial charge in [-0.05, 0) is 18.1 Å². The summed E-state index contributed by atoms with van der Waals surface area (Å²) in [5.41, 5.74) is 2.97. The maximum atomic E-state index is 11.6. The zero-order valence-corrected chi connectivity index (χ0v) is 9.78. The number of methoxy groups -OCH3 is 1. The van der Waals surface area contributed by atoms with Crippen LogP contribution in [-0.2, 0) is 18.2 Å². The van der Waals surface area contributed by atoms with Crippen molar-refractivity contribution in [1.82, 2.24) is 4.57 Å². The zero-order chi connectivity index (χ0) is 11.7. The Bertz CT molecular complexity index is 540. The van der Waals surface area contributed by atoms with Gasteiger partial charge in [-0.15, -0.1) is 0 Å². The summed E-state index contributed by atoms with van der Waals surface area (Å²) in [6.07, 6.45) is 2.81. The molecular formula is C13H15NO2. The maximum Gasteiger partial charge on any atom is 0.340 e. The second kappa shape index (κ2) is 4.00. The molecule has 0 N–H and O–H groups in total. The van der Waals surface area contributed by atoms with Gasteiger partial charge in [0.15, 0.2) is 0 Å². The van der Waals surface area contributed by atoms with E-state index in [1.807, 2.05) is 23.9 Å². The number of hydrogen-bond donors (Lipinski definition) is 0. The largest absolute Gasteiger partial charge is 0.465 e. The topological polar surface area (TPSA) is 31.2 Å². The van der Waals surface area contributed by atoms with Crippen LogP contribution in [0.2, 0.25) is 0 Å². The molecule has 0 bridgehead atoms. The number of benzene rings is 1. The molecule has 2 rings (SSSR count). The second-order valence-electron chi connectivity index (χ2n) is 3.85. The van der Waals surface area contributed by atoms with Crippen molar-refractivity contribution in [3.63, 3.8) is 0 Å². The lowest BCUT2D eigenvalue weighted by Crippen LogP contribution is -1.99. The Hall–Kier alpha value is -1.77. The van der Waals surface area contributed by atoms with Gasteiger partial charge in [-0.2, -0.15) is 0 Å². The summed E-state index contributed by atoms with van der Waals surface area (Å²) >= 11 is 0. The van der Waals surface area contributed by atoms with Crippen LogP contribution in [0.15, 0.2) is 24.4 Å². The van der Waals surface area contributed by atoms with E-state index in [2.05, 4.69) is 19.1 Å². The smallest absolute Gasteiger partial charge is 0.340 e. The van der Waals surface area contributed by atoms with Gasteiger partial charge in [0.1, 0.15) is 0 Å². The fourth-order valence-corrected chi connectivity index (χ4v) is 1.92. The van der Waals surface area contributed by atoms with Crippen LogP contribution < -0.4 is 0 Å². The number of nitrogens with zero attached hydrogens (tertiary/aromatic N) is 1. The molecule has 0 amide bonds. The summed E-state index contributed by atoms with van der Waals surface area (Å²) in [4.78, 5) is 11.6. The van der Waals surface area contributed by atoms with Crippen molar-refractivity contribution in [3.05, 3.63) is 35.5 Å². The first kappa shape index (κ1) is 10.7. The van der Waals surface area contributed by atoms with Crippen molar-refractivity contribution < 1.29 is 9.53 Å². The van der Waals surface area contributed by atoms with Crippen LogP contribution in [0.3, 0.4) is 0 Å². The molecule has 3 heteroatoms. The quantitative estimate of drug-likeness (QED) is 0.724. The zero-order valence-electron chi connectivity index (χ0n) is 9.78. The molecule has 0 saturated carbocycles. The van der Waals surface area contributed by atoms with Gasteiger partial charge in [0, 0.05) is 24.1 Å². The molecule has 3 nitrogen and oxygen atoms in total. The summed E-state index contributed by atoms with van der Waals surface area (Å²) in [6, 6.07) is 6.15. The number of carbonyl (C=O) groups excluding carboxylic acids is 1. The lowest BCUT2D eigenvalue weighted by atomic mass is 10.1. The molecule has 0 saturated heterocycles. The lowest BCUT2D eigenvalue weighted by Gasteiger charge is -2.00. The van der Waals surface area contributed by atoms with Gasteiger partial charge in [-0.25, -0.2) is 4.79 Å². The number of rotatable bonds is 2. The molecule has 0 unspecified atom stereocenters. The van der Waals surface area contributed by atoms with E-state index >= 15 is 0 Å². The number of ether oxygens (including phenoxy) is 1. The first-order valence-electron chi connectivity index (χ1n) is 5.33. The summed E-state index contributed by atoms with van der Waals surface area (Å²) in [7, 11) is 3.34. The highest BCUT2D eigenvalue weighted by molar-refractivity contribution is 6.04. The van der Waals surface area contributed by atoms with Gasteiger partial charge in [-0.3, -0.25) is 0 Å². The Morgan fingerprint density at radius 3 is 2.81 bits per heavy atom. The number of fused-ring (bicyclic) bond motifs is 1. The molecule has 0 fully saturated rings. The van der Waals surface area contributed by atoms with Crippen molar-refractivity contribution in [3.8, 4) is 0 Å². The van der Waals surface area contributed by atoms with Crippen LogP contribution >= 0.6 is 0 Å². The van der Waals surface area contributed by atoms with Crippen LogP contribution in [0.25, 0.3) is 10.9 Å². The van der Waals surface area contributed by atoms with Crippen molar-refractivity contribution in [2.45, 2.75) is 13.3 Å². The van der Waals surface area contributed by atoms with Gasteiger partial charge >= 0.3 is 5.97 Å². The van der Waals surface area contributed by atoms with Crippen LogP contribution in [0, 0.1) is 0 Å². The third kappa shape index (κ3) is 1.58. The van der Waals surface area contributed by atoms with E-state index in [0.29, 0.717) is 5.56 Å². The number of aromatic nitrogens is 1. The summed E-state index contributed by atoms with van der Waals surface area (Å²) in [5, 5.41) is 0.951. The molecule has 0 radical (unpaired) electrons. The normalized spacial score (nSPS) is 10.7. The summed E-state index contributed by atoms with van der Waals surface area (Å²) in [5.74, 6) is -0.283. The van der Waals surface area contributed by atoms with E-state index in [-0.39, 0.29) is 5.97 Å². The number of esters is 1. The van der Waals surface area contributed by atoms with Crippen LogP contribution in [-0.4, -0.2) is 17.6 Å². The highest BCUT2D eigenvalue weighted by Crippen LogP contribution is 2.22. The van der Waals surface area contributed by atoms with E-state index in [9.17, 15) is 4.79 Å². The minimum absolute atomic E-state index is 0.283. The van der Waals surface area contributed by atoms with Crippen molar-refractivity contribution in [2.24, 2.45) is 7.05 Å². The average Bonchev–Trinajstić information content (AvgIpc) is 2.65. The van der Waals surface area contributed by atoms with Crippen molar-refractivity contribution >= 4 is 16.9 Å². The molecule has 0 aliphatic heterocycles. The van der Waals surface area contributed by atoms with Gasteiger partial charge in [0.25, 0.3) is 0 Å². The fraction of sp³-hybridized carbons (Fsp3) is 0.308. The number of aryl methyl sites for hydroxylation is 2. The number of carbonyl (C=O) groups is 1. The molecule has 16 heavy (non-hydrogen) atoms. The minimum Gasteiger partial charge on any atom is -0.465 e. The lowest BCUT2D eigenvalue weighted by molar-refractivity contribution is 0.0603. The minimum atomic E-state index is -0.283. The van der Waals surface area contributed by atoms with E-state index in [1.165, 1.54) is 12.7 Å². The van der Waals surface area contributed by atoms with E-state index in [0.717, 1.165) is 17.3 Å². The highest BCUT2D eigenvalue weighted by atomic mass is 16.5. The fourth-order valence-electron chi connectivity index (χ4n) is 1.92. The predicted molar refractivity (Wildman–Crippen MR) is 63.6 cm³/mol. The van der Waals surface area contributed by atoms with Crippen LogP contribution in [0.1, 0.15) is 22.8 Å². The maximum absolute atomic E-state index is 11.6. The van der Waals surface area contributed by atoms with Crippen LogP contribution in [0.4, 0.5) is 0 Å². The molecule has 0 spiro atoms.